The van der Waals surface area contributed by atoms with Crippen LogP contribution in [0.1, 0.15) is 39.2 Å². The highest BCUT2D eigenvalue weighted by Gasteiger charge is 2.41. The minimum Gasteiger partial charge on any atom is -0.733 e. The molecule has 33 heavy (non-hydrogen) atoms. The zero-order chi connectivity index (χ0) is 24.1. The molecule has 0 unspecified atom stereocenters. The summed E-state index contributed by atoms with van der Waals surface area (Å²) in [6.07, 6.45) is 0. The van der Waals surface area contributed by atoms with Crippen molar-refractivity contribution < 1.29 is 24.3 Å². The number of para-hydroxylation sites is 1. The number of esters is 2. The Bertz CT molecular complexity index is 1030. The van der Waals surface area contributed by atoms with Crippen molar-refractivity contribution in [2.45, 2.75) is 33.6 Å². The van der Waals surface area contributed by atoms with E-state index in [-0.39, 0.29) is 24.1 Å². The van der Waals surface area contributed by atoms with Gasteiger partial charge in [-0.05, 0) is 57.5 Å². The molecule has 1 aliphatic heterocycles. The maximum absolute atomic E-state index is 13.2. The molecule has 0 amide bonds. The fourth-order valence-corrected chi connectivity index (χ4v) is 4.10. The lowest BCUT2D eigenvalue weighted by molar-refractivity contribution is -0.139. The molecule has 0 aromatic heterocycles. The molecule has 0 fully saturated rings. The third kappa shape index (κ3) is 4.76. The molecule has 2 aromatic carbocycles. The van der Waals surface area contributed by atoms with E-state index in [2.05, 4.69) is 0 Å². The monoisotopic (exact) mass is 451 g/mol. The molecule has 1 aliphatic rings. The van der Waals surface area contributed by atoms with Crippen LogP contribution in [0.3, 0.4) is 0 Å². The van der Waals surface area contributed by atoms with Crippen LogP contribution in [0.15, 0.2) is 77.1 Å². The van der Waals surface area contributed by atoms with Crippen molar-refractivity contribution >= 4 is 23.3 Å². The first-order valence-electron chi connectivity index (χ1n) is 10.7. The Balaban J connectivity index is 2.29. The van der Waals surface area contributed by atoms with Gasteiger partial charge in [-0.1, -0.05) is 30.3 Å². The van der Waals surface area contributed by atoms with E-state index in [1.807, 2.05) is 35.2 Å². The minimum atomic E-state index is -0.782. The van der Waals surface area contributed by atoms with E-state index in [0.29, 0.717) is 28.1 Å². The number of hydrogen-bond donors (Lipinski definition) is 1. The summed E-state index contributed by atoms with van der Waals surface area (Å²) in [6, 6.07) is 15.4. The Morgan fingerprint density at radius 2 is 1.39 bits per heavy atom. The predicted molar refractivity (Wildman–Crippen MR) is 124 cm³/mol. The van der Waals surface area contributed by atoms with Gasteiger partial charge in [0.25, 0.3) is 0 Å². The van der Waals surface area contributed by atoms with Crippen LogP contribution < -0.4 is 10.1 Å². The maximum atomic E-state index is 13.2. The summed E-state index contributed by atoms with van der Waals surface area (Å²) in [4.78, 5) is 28.2. The summed E-state index contributed by atoms with van der Waals surface area (Å²) in [5.74, 6) is -1.88. The third-order valence-corrected chi connectivity index (χ3v) is 5.48. The molecule has 8 nitrogen and oxygen atoms in total. The minimum absolute atomic E-state index is 0.0252. The van der Waals surface area contributed by atoms with Crippen molar-refractivity contribution in [1.29, 1.82) is 0 Å². The summed E-state index contributed by atoms with van der Waals surface area (Å²) in [5.41, 5.74) is 3.22. The molecule has 0 atom stereocenters. The van der Waals surface area contributed by atoms with Gasteiger partial charge in [0.05, 0.1) is 36.0 Å². The first kappa shape index (κ1) is 24.0. The third-order valence-electron chi connectivity index (χ3n) is 5.48. The van der Waals surface area contributed by atoms with Crippen LogP contribution in [0.25, 0.3) is 0 Å². The molecular weight excluding hydrogens is 424 g/mol. The van der Waals surface area contributed by atoms with Crippen LogP contribution in [-0.2, 0) is 19.1 Å². The van der Waals surface area contributed by atoms with Crippen LogP contribution in [0.2, 0.25) is 0 Å². The molecule has 174 valence electrons. The topological polar surface area (TPSA) is 102 Å². The highest BCUT2D eigenvalue weighted by molar-refractivity contribution is 6.01. The Morgan fingerprint density at radius 3 is 1.82 bits per heavy atom. The van der Waals surface area contributed by atoms with Gasteiger partial charge < -0.3 is 24.8 Å². The number of benzene rings is 2. The first-order valence-corrected chi connectivity index (χ1v) is 10.7. The van der Waals surface area contributed by atoms with Crippen molar-refractivity contribution in [3.05, 3.63) is 87.9 Å². The predicted octanol–water partition coefficient (Wildman–Crippen LogP) is 4.66. The van der Waals surface area contributed by atoms with E-state index >= 15 is 0 Å². The molecule has 0 spiro atoms. The van der Waals surface area contributed by atoms with Gasteiger partial charge in [0.1, 0.15) is 0 Å². The van der Waals surface area contributed by atoms with E-state index in [9.17, 15) is 20.0 Å². The van der Waals surface area contributed by atoms with Gasteiger partial charge in [-0.15, -0.1) is 0 Å². The standard InChI is InChI=1S/C25H27N2O6/c1-5-32-24(28)21-16(3)26(19-10-8-7-9-11-19)17(4)22(25(29)33-6-2)23(21)18-12-14-20(15-13-18)27(30)31/h7-15,23,30H,5-6H2,1-4H3/q-1. The summed E-state index contributed by atoms with van der Waals surface area (Å²) < 4.78 is 10.8. The zero-order valence-electron chi connectivity index (χ0n) is 19.1. The number of rotatable bonds is 7. The van der Waals surface area contributed by atoms with Crippen molar-refractivity contribution in [2.75, 3.05) is 23.3 Å². The molecule has 3 rings (SSSR count). The lowest BCUT2D eigenvalue weighted by Gasteiger charge is -2.38. The highest BCUT2D eigenvalue weighted by Crippen LogP contribution is 2.44. The fourth-order valence-electron chi connectivity index (χ4n) is 4.10. The number of nitrogens with zero attached hydrogens (tertiary/aromatic N) is 2. The van der Waals surface area contributed by atoms with E-state index in [0.717, 1.165) is 5.69 Å². The first-order chi connectivity index (χ1) is 15.8. The number of hydrogen-bond acceptors (Lipinski definition) is 8. The van der Waals surface area contributed by atoms with Gasteiger partial charge >= 0.3 is 11.9 Å². The molecule has 8 heteroatoms. The van der Waals surface area contributed by atoms with Crippen molar-refractivity contribution in [1.82, 2.24) is 0 Å². The second-order valence-electron chi connectivity index (χ2n) is 7.41. The van der Waals surface area contributed by atoms with Crippen molar-refractivity contribution in [3.8, 4) is 0 Å². The summed E-state index contributed by atoms with van der Waals surface area (Å²) in [5, 5.41) is 20.2. The maximum Gasteiger partial charge on any atom is 0.336 e. The summed E-state index contributed by atoms with van der Waals surface area (Å²) in [6.45, 7) is 7.37. The van der Waals surface area contributed by atoms with Gasteiger partial charge in [-0.3, -0.25) is 5.21 Å². The lowest BCUT2D eigenvalue weighted by Crippen LogP contribution is -2.35. The molecule has 2 aromatic rings. The SMILES string of the molecule is CCOC(=O)C1=C(C)N(c2ccccc2)C(C)=C(C(=O)OCC)C1c1ccc(N([O-])O)cc1. The number of allylic oxidation sites excluding steroid dienone is 2. The Morgan fingerprint density at radius 1 is 0.909 bits per heavy atom. The Kier molecular flexibility index (Phi) is 7.52. The van der Waals surface area contributed by atoms with E-state index < -0.39 is 17.9 Å². The van der Waals surface area contributed by atoms with Crippen molar-refractivity contribution in [3.63, 3.8) is 0 Å². The normalized spacial score (nSPS) is 14.4. The number of anilines is 2. The Hall–Kier alpha value is -3.62. The van der Waals surface area contributed by atoms with E-state index in [1.54, 1.807) is 39.8 Å². The van der Waals surface area contributed by atoms with Crippen LogP contribution in [-0.4, -0.2) is 30.4 Å². The van der Waals surface area contributed by atoms with Gasteiger partial charge in [0.2, 0.25) is 0 Å². The van der Waals surface area contributed by atoms with Gasteiger partial charge in [-0.25, -0.2) is 9.59 Å². The molecule has 0 bridgehead atoms. The number of ether oxygens (including phenoxy) is 2. The second-order valence-corrected chi connectivity index (χ2v) is 7.41. The molecule has 0 aliphatic carbocycles. The van der Waals surface area contributed by atoms with E-state index in [4.69, 9.17) is 9.47 Å². The van der Waals surface area contributed by atoms with Crippen molar-refractivity contribution in [2.24, 2.45) is 0 Å². The Labute approximate surface area is 192 Å². The zero-order valence-corrected chi connectivity index (χ0v) is 19.1. The molecule has 0 saturated heterocycles. The molecule has 0 radical (unpaired) electrons. The molecular formula is C25H27N2O6-. The molecule has 1 heterocycles. The van der Waals surface area contributed by atoms with Crippen LogP contribution in [0.5, 0.6) is 0 Å². The van der Waals surface area contributed by atoms with E-state index in [1.165, 1.54) is 12.1 Å². The smallest absolute Gasteiger partial charge is 0.336 e. The fraction of sp³-hybridized carbons (Fsp3) is 0.280. The molecule has 0 saturated carbocycles. The van der Waals surface area contributed by atoms with Crippen LogP contribution in [0, 0.1) is 5.21 Å². The van der Waals surface area contributed by atoms with Crippen LogP contribution in [0.4, 0.5) is 11.4 Å². The van der Waals surface area contributed by atoms with Gasteiger partial charge in [0, 0.05) is 17.1 Å². The second kappa shape index (κ2) is 10.3. The molecule has 1 N–H and O–H groups in total. The van der Waals surface area contributed by atoms with Gasteiger partial charge in [-0.2, -0.15) is 0 Å². The summed E-state index contributed by atoms with van der Waals surface area (Å²) >= 11 is 0. The van der Waals surface area contributed by atoms with Crippen LogP contribution >= 0.6 is 0 Å². The largest absolute Gasteiger partial charge is 0.733 e. The highest BCUT2D eigenvalue weighted by atomic mass is 16.8. The average Bonchev–Trinajstić information content (AvgIpc) is 2.79. The number of carbonyl (C=O) groups excluding carboxylic acids is 2. The lowest BCUT2D eigenvalue weighted by atomic mass is 9.79. The summed E-state index contributed by atoms with van der Waals surface area (Å²) in [7, 11) is 0. The average molecular weight is 451 g/mol. The van der Waals surface area contributed by atoms with Gasteiger partial charge in [0.15, 0.2) is 0 Å². The number of carbonyl (C=O) groups is 2. The quantitative estimate of drug-likeness (QED) is 0.479.